The number of amides is 2. The van der Waals surface area contributed by atoms with Gasteiger partial charge in [0.15, 0.2) is 0 Å². The Morgan fingerprint density at radius 1 is 1.03 bits per heavy atom. The van der Waals surface area contributed by atoms with E-state index in [-0.39, 0.29) is 11.7 Å². The van der Waals surface area contributed by atoms with E-state index in [9.17, 15) is 14.7 Å². The second-order valence-corrected chi connectivity index (χ2v) is 7.50. The third kappa shape index (κ3) is 4.83. The van der Waals surface area contributed by atoms with Gasteiger partial charge in [-0.1, -0.05) is 18.2 Å². The topological polar surface area (TPSA) is 95.7 Å². The molecule has 2 amide bonds. The molecule has 148 valence electrons. The molecular weight excluding hydrogens is 483 g/mol. The van der Waals surface area contributed by atoms with Crippen LogP contribution in [-0.2, 0) is 0 Å². The van der Waals surface area contributed by atoms with Crippen LogP contribution in [0.5, 0.6) is 5.75 Å². The summed E-state index contributed by atoms with van der Waals surface area (Å²) in [6.07, 6.45) is 1.51. The Kier molecular flexibility index (Phi) is 6.32. The van der Waals surface area contributed by atoms with Crippen LogP contribution >= 0.6 is 22.6 Å². The second-order valence-electron chi connectivity index (χ2n) is 6.33. The first-order valence-electron chi connectivity index (χ1n) is 8.74. The Balaban J connectivity index is 1.70. The van der Waals surface area contributed by atoms with E-state index in [1.807, 2.05) is 48.6 Å². The lowest BCUT2D eigenvalue weighted by Gasteiger charge is -2.11. The molecule has 0 radical (unpaired) electrons. The highest BCUT2D eigenvalue weighted by Crippen LogP contribution is 2.20. The highest BCUT2D eigenvalue weighted by molar-refractivity contribution is 14.1. The number of nitrogens with one attached hydrogen (secondary N) is 2. The number of hydrazone groups is 1. The third-order valence-electron chi connectivity index (χ3n) is 4.30. The van der Waals surface area contributed by atoms with Crippen molar-refractivity contribution < 1.29 is 14.7 Å². The number of phenols is 1. The maximum atomic E-state index is 12.4. The molecule has 3 N–H and O–H groups in total. The van der Waals surface area contributed by atoms with Crippen molar-refractivity contribution in [1.29, 1.82) is 0 Å². The van der Waals surface area contributed by atoms with Gasteiger partial charge in [0.1, 0.15) is 5.75 Å². The van der Waals surface area contributed by atoms with Crippen LogP contribution in [0, 0.1) is 17.4 Å². The number of carbonyl (C=O) groups excluding carboxylic acids is 2. The summed E-state index contributed by atoms with van der Waals surface area (Å²) in [5.41, 5.74) is 8.50. The number of phenolic OH excluding ortho intramolecular Hbond substituents is 1. The van der Waals surface area contributed by atoms with Gasteiger partial charge in [0.05, 0.1) is 9.78 Å². The first kappa shape index (κ1) is 20.6. The molecule has 1 aromatic heterocycles. The maximum Gasteiger partial charge on any atom is 0.271 e. The Hall–Kier alpha value is -3.14. The van der Waals surface area contributed by atoms with Crippen molar-refractivity contribution in [2.24, 2.45) is 5.10 Å². The van der Waals surface area contributed by atoms with Crippen LogP contribution in [0.15, 0.2) is 59.7 Å². The largest absolute Gasteiger partial charge is 0.507 e. The number of benzene rings is 2. The Morgan fingerprint density at radius 3 is 2.45 bits per heavy atom. The van der Waals surface area contributed by atoms with Crippen molar-refractivity contribution in [3.05, 3.63) is 86.2 Å². The molecule has 29 heavy (non-hydrogen) atoms. The molecule has 8 heteroatoms. The number of carbonyl (C=O) groups is 2. The van der Waals surface area contributed by atoms with Crippen molar-refractivity contribution in [1.82, 2.24) is 10.1 Å². The molecule has 0 unspecified atom stereocenters. The number of hydrogen-bond donors (Lipinski definition) is 3. The Bertz CT molecular complexity index is 1090. The molecule has 0 bridgehead atoms. The minimum absolute atomic E-state index is 0.0416. The second kappa shape index (κ2) is 8.91. The van der Waals surface area contributed by atoms with E-state index in [2.05, 4.69) is 16.0 Å². The molecule has 0 saturated carbocycles. The molecular formula is C21H19IN4O3. The SMILES string of the molecule is Cc1cc(/C=N\NC(=O)c2ccc(I)c(O)c2)c(C)n1NC(=O)c1ccccc1. The zero-order valence-electron chi connectivity index (χ0n) is 15.8. The molecule has 0 spiro atoms. The van der Waals surface area contributed by atoms with Gasteiger partial charge in [-0.05, 0) is 72.8 Å². The highest BCUT2D eigenvalue weighted by Gasteiger charge is 2.12. The fraction of sp³-hybridized carbons (Fsp3) is 0.0952. The number of aromatic hydroxyl groups is 1. The lowest BCUT2D eigenvalue weighted by atomic mass is 10.2. The van der Waals surface area contributed by atoms with E-state index < -0.39 is 5.91 Å². The predicted octanol–water partition coefficient (Wildman–Crippen LogP) is 3.56. The van der Waals surface area contributed by atoms with E-state index >= 15 is 0 Å². The van der Waals surface area contributed by atoms with E-state index in [1.54, 1.807) is 41.1 Å². The molecule has 2 aromatic carbocycles. The number of hydrogen-bond acceptors (Lipinski definition) is 4. The van der Waals surface area contributed by atoms with Crippen LogP contribution in [0.1, 0.15) is 37.7 Å². The quantitative estimate of drug-likeness (QED) is 0.283. The summed E-state index contributed by atoms with van der Waals surface area (Å²) in [7, 11) is 0. The van der Waals surface area contributed by atoms with Gasteiger partial charge in [0.2, 0.25) is 0 Å². The molecule has 0 atom stereocenters. The minimum atomic E-state index is -0.431. The molecule has 3 aromatic rings. The lowest BCUT2D eigenvalue weighted by molar-refractivity contribution is 0.0953. The van der Waals surface area contributed by atoms with Crippen molar-refractivity contribution in [2.45, 2.75) is 13.8 Å². The maximum absolute atomic E-state index is 12.4. The zero-order valence-corrected chi connectivity index (χ0v) is 18.0. The van der Waals surface area contributed by atoms with Gasteiger partial charge < -0.3 is 5.11 Å². The van der Waals surface area contributed by atoms with E-state index in [0.29, 0.717) is 14.7 Å². The van der Waals surface area contributed by atoms with E-state index in [4.69, 9.17) is 0 Å². The summed E-state index contributed by atoms with van der Waals surface area (Å²) in [5, 5.41) is 13.7. The molecule has 3 rings (SSSR count). The van der Waals surface area contributed by atoms with Crippen molar-refractivity contribution in [3.63, 3.8) is 0 Å². The molecule has 0 aliphatic heterocycles. The van der Waals surface area contributed by atoms with Gasteiger partial charge in [-0.3, -0.25) is 19.7 Å². The van der Waals surface area contributed by atoms with Crippen molar-refractivity contribution in [3.8, 4) is 5.75 Å². The molecule has 0 aliphatic rings. The summed E-state index contributed by atoms with van der Waals surface area (Å²) in [4.78, 5) is 24.6. The fourth-order valence-corrected chi connectivity index (χ4v) is 3.06. The van der Waals surface area contributed by atoms with Crippen LogP contribution in [0.25, 0.3) is 0 Å². The Morgan fingerprint density at radius 2 is 1.76 bits per heavy atom. The zero-order chi connectivity index (χ0) is 21.0. The van der Waals surface area contributed by atoms with E-state index in [0.717, 1.165) is 17.0 Å². The number of aryl methyl sites for hydroxylation is 1. The number of nitrogens with zero attached hydrogens (tertiary/aromatic N) is 2. The van der Waals surface area contributed by atoms with Gasteiger partial charge in [-0.15, -0.1) is 0 Å². The Labute approximate surface area is 181 Å². The standard InChI is InChI=1S/C21H19IN4O3/c1-13-10-17(12-23-24-20(28)16-8-9-18(22)19(27)11-16)14(2)26(13)25-21(29)15-6-4-3-5-7-15/h3-12,27H,1-2H3,(H,24,28)(H,25,29)/b23-12-. The third-order valence-corrected chi connectivity index (χ3v) is 5.21. The molecule has 7 nitrogen and oxygen atoms in total. The summed E-state index contributed by atoms with van der Waals surface area (Å²) in [6.45, 7) is 3.71. The number of halogens is 1. The van der Waals surface area contributed by atoms with Crippen LogP contribution in [-0.4, -0.2) is 27.8 Å². The molecule has 1 heterocycles. The average Bonchev–Trinajstić information content (AvgIpc) is 2.98. The first-order valence-corrected chi connectivity index (χ1v) is 9.82. The minimum Gasteiger partial charge on any atom is -0.507 e. The average molecular weight is 502 g/mol. The predicted molar refractivity (Wildman–Crippen MR) is 120 cm³/mol. The highest BCUT2D eigenvalue weighted by atomic mass is 127. The number of rotatable bonds is 5. The van der Waals surface area contributed by atoms with Gasteiger partial charge in [0.25, 0.3) is 11.8 Å². The van der Waals surface area contributed by atoms with Gasteiger partial charge in [-0.2, -0.15) is 5.10 Å². The summed E-state index contributed by atoms with van der Waals surface area (Å²) in [6, 6.07) is 15.4. The van der Waals surface area contributed by atoms with Crippen LogP contribution in [0.4, 0.5) is 0 Å². The van der Waals surface area contributed by atoms with Crippen LogP contribution in [0.3, 0.4) is 0 Å². The van der Waals surface area contributed by atoms with Gasteiger partial charge in [-0.25, -0.2) is 5.43 Å². The van der Waals surface area contributed by atoms with Crippen molar-refractivity contribution >= 4 is 40.6 Å². The van der Waals surface area contributed by atoms with Crippen molar-refractivity contribution in [2.75, 3.05) is 5.43 Å². The lowest BCUT2D eigenvalue weighted by Crippen LogP contribution is -2.24. The monoisotopic (exact) mass is 502 g/mol. The smallest absolute Gasteiger partial charge is 0.271 e. The molecule has 0 fully saturated rings. The normalized spacial score (nSPS) is 10.9. The van der Waals surface area contributed by atoms with E-state index in [1.165, 1.54) is 12.3 Å². The fourth-order valence-electron chi connectivity index (χ4n) is 2.72. The van der Waals surface area contributed by atoms with Gasteiger partial charge in [0, 0.05) is 28.1 Å². The van der Waals surface area contributed by atoms with Crippen LogP contribution < -0.4 is 10.9 Å². The summed E-state index contributed by atoms with van der Waals surface area (Å²) < 4.78 is 2.34. The first-order chi connectivity index (χ1) is 13.9. The summed E-state index contributed by atoms with van der Waals surface area (Å²) in [5.74, 6) is -0.609. The number of aromatic nitrogens is 1. The molecule has 0 aliphatic carbocycles. The summed E-state index contributed by atoms with van der Waals surface area (Å²) >= 11 is 1.98. The van der Waals surface area contributed by atoms with Gasteiger partial charge >= 0.3 is 0 Å². The van der Waals surface area contributed by atoms with Crippen LogP contribution in [0.2, 0.25) is 0 Å². The molecule has 0 saturated heterocycles.